The molecule has 0 saturated carbocycles. The van der Waals surface area contributed by atoms with E-state index in [1.54, 1.807) is 0 Å². The summed E-state index contributed by atoms with van der Waals surface area (Å²) in [6.07, 6.45) is 1.17. The van der Waals surface area contributed by atoms with Crippen LogP contribution < -0.4 is 5.32 Å². The van der Waals surface area contributed by atoms with Gasteiger partial charge in [-0.05, 0) is 12.0 Å². The lowest BCUT2D eigenvalue weighted by Gasteiger charge is -2.23. The molecule has 1 aromatic carbocycles. The third-order valence-corrected chi connectivity index (χ3v) is 3.85. The molecular weight excluding hydrogens is 365 g/mol. The molecular formula is C15H22IN3O. The molecule has 0 spiro atoms. The fourth-order valence-corrected chi connectivity index (χ4v) is 2.73. The molecule has 5 heteroatoms. The highest BCUT2D eigenvalue weighted by atomic mass is 127. The van der Waals surface area contributed by atoms with Gasteiger partial charge in [-0.2, -0.15) is 0 Å². The summed E-state index contributed by atoms with van der Waals surface area (Å²) in [5, 5.41) is 3.52. The van der Waals surface area contributed by atoms with Crippen molar-refractivity contribution in [1.29, 1.82) is 0 Å². The van der Waals surface area contributed by atoms with Gasteiger partial charge in [0.1, 0.15) is 0 Å². The quantitative estimate of drug-likeness (QED) is 0.809. The van der Waals surface area contributed by atoms with Crippen molar-refractivity contribution in [3.05, 3.63) is 35.9 Å². The Morgan fingerprint density at radius 2 is 2.15 bits per heavy atom. The molecule has 110 valence electrons. The smallest absolute Gasteiger partial charge is 0.194 e. The van der Waals surface area contributed by atoms with E-state index in [0.717, 1.165) is 32.3 Å². The van der Waals surface area contributed by atoms with E-state index in [4.69, 9.17) is 4.74 Å². The monoisotopic (exact) mass is 387 g/mol. The summed E-state index contributed by atoms with van der Waals surface area (Å²) in [6, 6.07) is 10.8. The fraction of sp³-hybridized carbons (Fsp3) is 0.533. The van der Waals surface area contributed by atoms with Crippen molar-refractivity contribution in [2.75, 3.05) is 33.4 Å². The summed E-state index contributed by atoms with van der Waals surface area (Å²) >= 11 is 0. The van der Waals surface area contributed by atoms with Gasteiger partial charge in [0, 0.05) is 26.1 Å². The molecule has 1 saturated heterocycles. The SMILES string of the molecule is CN(CC1CCOC1)C1=NCC(c2ccccc2)N1.I. The number of ether oxygens (including phenoxy) is 1. The third kappa shape index (κ3) is 3.63. The zero-order chi connectivity index (χ0) is 13.1. The normalized spacial score (nSPS) is 24.8. The van der Waals surface area contributed by atoms with E-state index in [1.165, 1.54) is 12.0 Å². The van der Waals surface area contributed by atoms with Gasteiger partial charge < -0.3 is 15.0 Å². The van der Waals surface area contributed by atoms with E-state index < -0.39 is 0 Å². The molecule has 0 radical (unpaired) electrons. The van der Waals surface area contributed by atoms with Gasteiger partial charge in [-0.1, -0.05) is 30.3 Å². The van der Waals surface area contributed by atoms with Crippen LogP contribution in [-0.2, 0) is 4.74 Å². The van der Waals surface area contributed by atoms with Crippen LogP contribution >= 0.6 is 24.0 Å². The molecule has 2 heterocycles. The lowest BCUT2D eigenvalue weighted by atomic mass is 10.1. The number of guanidine groups is 1. The molecule has 2 atom stereocenters. The highest BCUT2D eigenvalue weighted by Gasteiger charge is 2.24. The van der Waals surface area contributed by atoms with E-state index in [1.807, 2.05) is 6.07 Å². The minimum atomic E-state index is 0. The molecule has 20 heavy (non-hydrogen) atoms. The van der Waals surface area contributed by atoms with Crippen molar-refractivity contribution < 1.29 is 4.74 Å². The highest BCUT2D eigenvalue weighted by Crippen LogP contribution is 2.19. The Hall–Kier alpha value is -0.820. The molecule has 4 nitrogen and oxygen atoms in total. The number of halogens is 1. The second-order valence-corrected chi connectivity index (χ2v) is 5.38. The summed E-state index contributed by atoms with van der Waals surface area (Å²) in [7, 11) is 2.11. The number of benzene rings is 1. The summed E-state index contributed by atoms with van der Waals surface area (Å²) in [6.45, 7) is 3.64. The zero-order valence-electron chi connectivity index (χ0n) is 11.8. The first kappa shape index (κ1) is 15.6. The first-order valence-corrected chi connectivity index (χ1v) is 6.98. The largest absolute Gasteiger partial charge is 0.381 e. The Labute approximate surface area is 137 Å². The van der Waals surface area contributed by atoms with Crippen molar-refractivity contribution in [3.8, 4) is 0 Å². The summed E-state index contributed by atoms with van der Waals surface area (Å²) in [4.78, 5) is 6.85. The van der Waals surface area contributed by atoms with Gasteiger partial charge in [-0.3, -0.25) is 4.99 Å². The Morgan fingerprint density at radius 1 is 1.35 bits per heavy atom. The van der Waals surface area contributed by atoms with Gasteiger partial charge in [0.25, 0.3) is 0 Å². The molecule has 0 aliphatic carbocycles. The molecule has 2 aliphatic heterocycles. The minimum Gasteiger partial charge on any atom is -0.381 e. The minimum absolute atomic E-state index is 0. The summed E-state index contributed by atoms with van der Waals surface area (Å²) in [5.74, 6) is 1.66. The maximum absolute atomic E-state index is 5.42. The molecule has 2 unspecified atom stereocenters. The van der Waals surface area contributed by atoms with Crippen molar-refractivity contribution in [2.24, 2.45) is 10.9 Å². The third-order valence-electron chi connectivity index (χ3n) is 3.85. The second-order valence-electron chi connectivity index (χ2n) is 5.38. The number of hydrogen-bond acceptors (Lipinski definition) is 4. The van der Waals surface area contributed by atoms with Crippen molar-refractivity contribution in [3.63, 3.8) is 0 Å². The highest BCUT2D eigenvalue weighted by molar-refractivity contribution is 14.0. The van der Waals surface area contributed by atoms with E-state index >= 15 is 0 Å². The number of hydrogen-bond donors (Lipinski definition) is 1. The molecule has 1 aromatic rings. The van der Waals surface area contributed by atoms with Gasteiger partial charge >= 0.3 is 0 Å². The topological polar surface area (TPSA) is 36.9 Å². The van der Waals surface area contributed by atoms with Gasteiger partial charge in [0.15, 0.2) is 5.96 Å². The zero-order valence-corrected chi connectivity index (χ0v) is 14.1. The van der Waals surface area contributed by atoms with Gasteiger partial charge in [0.2, 0.25) is 0 Å². The van der Waals surface area contributed by atoms with Crippen LogP contribution in [0.15, 0.2) is 35.3 Å². The van der Waals surface area contributed by atoms with Crippen LogP contribution in [-0.4, -0.2) is 44.2 Å². The van der Waals surface area contributed by atoms with Crippen LogP contribution in [0.1, 0.15) is 18.0 Å². The molecule has 3 rings (SSSR count). The Bertz CT molecular complexity index is 446. The number of nitrogens with zero attached hydrogens (tertiary/aromatic N) is 2. The average molecular weight is 387 g/mol. The fourth-order valence-electron chi connectivity index (χ4n) is 2.73. The lowest BCUT2D eigenvalue weighted by molar-refractivity contribution is 0.181. The molecule has 0 bridgehead atoms. The van der Waals surface area contributed by atoms with Crippen LogP contribution in [0.3, 0.4) is 0 Å². The Balaban J connectivity index is 0.00000147. The Morgan fingerprint density at radius 3 is 2.85 bits per heavy atom. The van der Waals surface area contributed by atoms with Crippen LogP contribution in [0.2, 0.25) is 0 Å². The van der Waals surface area contributed by atoms with E-state index in [9.17, 15) is 0 Å². The van der Waals surface area contributed by atoms with Crippen LogP contribution in [0, 0.1) is 5.92 Å². The number of rotatable bonds is 3. The summed E-state index contributed by atoms with van der Waals surface area (Å²) < 4.78 is 5.42. The second kappa shape index (κ2) is 7.26. The van der Waals surface area contributed by atoms with E-state index in [0.29, 0.717) is 12.0 Å². The maximum Gasteiger partial charge on any atom is 0.194 e. The molecule has 0 aromatic heterocycles. The number of nitrogens with one attached hydrogen (secondary N) is 1. The van der Waals surface area contributed by atoms with Crippen molar-refractivity contribution in [1.82, 2.24) is 10.2 Å². The van der Waals surface area contributed by atoms with Gasteiger partial charge in [-0.15, -0.1) is 24.0 Å². The molecule has 2 aliphatic rings. The standard InChI is InChI=1S/C15H21N3O.HI/c1-18(10-12-7-8-19-11-12)15-16-9-14(17-15)13-5-3-2-4-6-13;/h2-6,12,14H,7-11H2,1H3,(H,16,17);1H. The maximum atomic E-state index is 5.42. The average Bonchev–Trinajstić information content (AvgIpc) is 3.10. The Kier molecular flexibility index (Phi) is 5.65. The van der Waals surface area contributed by atoms with Crippen molar-refractivity contribution in [2.45, 2.75) is 12.5 Å². The molecule has 1 fully saturated rings. The van der Waals surface area contributed by atoms with Crippen LogP contribution in [0.4, 0.5) is 0 Å². The molecule has 0 amide bonds. The lowest BCUT2D eigenvalue weighted by Crippen LogP contribution is -2.39. The van der Waals surface area contributed by atoms with E-state index in [-0.39, 0.29) is 24.0 Å². The van der Waals surface area contributed by atoms with E-state index in [2.05, 4.69) is 46.5 Å². The predicted octanol–water partition coefficient (Wildman–Crippen LogP) is 2.27. The van der Waals surface area contributed by atoms with Gasteiger partial charge in [-0.25, -0.2) is 0 Å². The van der Waals surface area contributed by atoms with Crippen molar-refractivity contribution >= 4 is 29.9 Å². The first-order chi connectivity index (χ1) is 9.33. The van der Waals surface area contributed by atoms with Gasteiger partial charge in [0.05, 0.1) is 19.2 Å². The van der Waals surface area contributed by atoms with Crippen LogP contribution in [0.5, 0.6) is 0 Å². The van der Waals surface area contributed by atoms with Crippen LogP contribution in [0.25, 0.3) is 0 Å². The first-order valence-electron chi connectivity index (χ1n) is 6.98. The summed E-state index contributed by atoms with van der Waals surface area (Å²) in [5.41, 5.74) is 1.30. The molecule has 1 N–H and O–H groups in total. The number of aliphatic imine (C=N–C) groups is 1. The predicted molar refractivity (Wildman–Crippen MR) is 91.6 cm³/mol.